The highest BCUT2D eigenvalue weighted by molar-refractivity contribution is 6.04. The molecule has 0 N–H and O–H groups in total. The van der Waals surface area contributed by atoms with Gasteiger partial charge in [0.05, 0.1) is 0 Å². The number of benzene rings is 4. The fraction of sp³-hybridized carbons (Fsp3) is 0.135. The Kier molecular flexibility index (Phi) is 7.09. The van der Waals surface area contributed by atoms with Gasteiger partial charge in [-0.2, -0.15) is 0 Å². The fourth-order valence-corrected chi connectivity index (χ4v) is 5.47. The average Bonchev–Trinajstić information content (AvgIpc) is 3.00. The maximum atomic E-state index is 12.1. The third kappa shape index (κ3) is 5.17. The van der Waals surface area contributed by atoms with Gasteiger partial charge >= 0.3 is 11.9 Å². The summed E-state index contributed by atoms with van der Waals surface area (Å²) in [7, 11) is 0. The van der Waals surface area contributed by atoms with Crippen LogP contribution in [-0.4, -0.2) is 11.9 Å². The minimum atomic E-state index is -0.457. The number of ether oxygens (including phenoxy) is 2. The van der Waals surface area contributed by atoms with Crippen molar-refractivity contribution >= 4 is 45.3 Å². The molecule has 0 saturated carbocycles. The lowest BCUT2D eigenvalue weighted by molar-refractivity contribution is -0.140. The molecule has 208 valence electrons. The Balaban J connectivity index is 1.41. The highest BCUT2D eigenvalue weighted by Gasteiger charge is 2.22. The number of anilines is 3. The van der Waals surface area contributed by atoms with Gasteiger partial charge in [-0.15, -0.1) is 0 Å². The van der Waals surface area contributed by atoms with E-state index in [0.29, 0.717) is 16.9 Å². The van der Waals surface area contributed by atoms with Gasteiger partial charge in [0.25, 0.3) is 0 Å². The first-order valence-electron chi connectivity index (χ1n) is 13.9. The molecule has 5 nitrogen and oxygen atoms in total. The summed E-state index contributed by atoms with van der Waals surface area (Å²) >= 11 is 0. The van der Waals surface area contributed by atoms with E-state index >= 15 is 0 Å². The van der Waals surface area contributed by atoms with E-state index in [2.05, 4.69) is 60.6 Å². The molecule has 0 spiro atoms. The lowest BCUT2D eigenvalue weighted by Gasteiger charge is -2.29. The Morgan fingerprint density at radius 3 is 2.17 bits per heavy atom. The van der Waals surface area contributed by atoms with Crippen LogP contribution in [0.4, 0.5) is 17.1 Å². The molecule has 0 unspecified atom stereocenters. The number of rotatable bonds is 8. The van der Waals surface area contributed by atoms with Crippen molar-refractivity contribution in [2.75, 3.05) is 4.90 Å². The van der Waals surface area contributed by atoms with Crippen LogP contribution >= 0.6 is 0 Å². The summed E-state index contributed by atoms with van der Waals surface area (Å²) in [6.07, 6.45) is 8.60. The summed E-state index contributed by atoms with van der Waals surface area (Å²) in [5.74, 6) is -0.415. The van der Waals surface area contributed by atoms with Gasteiger partial charge in [0.2, 0.25) is 0 Å². The molecular formula is C37H31NO4. The van der Waals surface area contributed by atoms with E-state index in [1.807, 2.05) is 36.4 Å². The first-order valence-corrected chi connectivity index (χ1v) is 13.9. The standard InChI is InChI=1S/C37H31NO4/c1-23(2)36(39)41-22-25-8-14-30(15-9-25)38(31-16-18-33(19-17-31)42-37(40)24(3)4)32-20-28-12-10-26-6-5-7-27-11-13-29(21-32)35(28)34(26)27/h5-6,8-11,13-21H,1,3,7,12,22H2,2,4H3. The Morgan fingerprint density at radius 2 is 1.48 bits per heavy atom. The average molecular weight is 554 g/mol. The molecule has 42 heavy (non-hydrogen) atoms. The van der Waals surface area contributed by atoms with Gasteiger partial charge in [-0.05, 0) is 114 Å². The van der Waals surface area contributed by atoms with Gasteiger partial charge in [0, 0.05) is 28.2 Å². The molecule has 4 aromatic carbocycles. The van der Waals surface area contributed by atoms with Gasteiger partial charge < -0.3 is 14.4 Å². The molecule has 6 rings (SSSR count). The third-order valence-electron chi connectivity index (χ3n) is 7.56. The van der Waals surface area contributed by atoms with Gasteiger partial charge in [0.15, 0.2) is 0 Å². The number of hydrogen-bond acceptors (Lipinski definition) is 5. The number of carbonyl (C=O) groups is 2. The minimum absolute atomic E-state index is 0.170. The van der Waals surface area contributed by atoms with Crippen molar-refractivity contribution in [3.8, 4) is 5.75 Å². The summed E-state index contributed by atoms with van der Waals surface area (Å²) in [6, 6.07) is 24.4. The molecule has 0 fully saturated rings. The Bertz CT molecular complexity index is 1820. The second-order valence-electron chi connectivity index (χ2n) is 10.8. The van der Waals surface area contributed by atoms with Crippen molar-refractivity contribution < 1.29 is 19.1 Å². The number of esters is 2. The molecule has 0 radical (unpaired) electrons. The molecule has 0 bridgehead atoms. The van der Waals surface area contributed by atoms with Crippen molar-refractivity contribution in [1.29, 1.82) is 0 Å². The zero-order valence-electron chi connectivity index (χ0n) is 23.8. The molecule has 0 aliphatic heterocycles. The van der Waals surface area contributed by atoms with Crippen molar-refractivity contribution in [2.24, 2.45) is 0 Å². The molecule has 0 aromatic heterocycles. The largest absolute Gasteiger partial charge is 0.457 e. The number of allylic oxidation sites excluding steroid dienone is 4. The van der Waals surface area contributed by atoms with E-state index in [4.69, 9.17) is 9.47 Å². The summed E-state index contributed by atoms with van der Waals surface area (Å²) < 4.78 is 10.8. The van der Waals surface area contributed by atoms with Crippen LogP contribution in [0.25, 0.3) is 16.3 Å². The van der Waals surface area contributed by atoms with E-state index in [0.717, 1.165) is 35.5 Å². The van der Waals surface area contributed by atoms with E-state index in [1.165, 1.54) is 33.0 Å². The highest BCUT2D eigenvalue weighted by atomic mass is 16.5. The normalized spacial score (nSPS) is 12.9. The highest BCUT2D eigenvalue weighted by Crippen LogP contribution is 2.43. The van der Waals surface area contributed by atoms with E-state index in [1.54, 1.807) is 26.0 Å². The second kappa shape index (κ2) is 11.0. The molecule has 0 heterocycles. The van der Waals surface area contributed by atoms with Crippen molar-refractivity contribution in [1.82, 2.24) is 0 Å². The van der Waals surface area contributed by atoms with E-state index in [9.17, 15) is 9.59 Å². The van der Waals surface area contributed by atoms with Crippen molar-refractivity contribution in [2.45, 2.75) is 33.3 Å². The maximum absolute atomic E-state index is 12.1. The summed E-state index contributed by atoms with van der Waals surface area (Å²) in [5, 5.41) is 2.53. The smallest absolute Gasteiger partial charge is 0.338 e. The summed E-state index contributed by atoms with van der Waals surface area (Å²) in [4.78, 5) is 26.1. The molecule has 0 saturated heterocycles. The lowest BCUT2D eigenvalue weighted by Crippen LogP contribution is -2.12. The first kappa shape index (κ1) is 27.0. The van der Waals surface area contributed by atoms with Crippen LogP contribution < -0.4 is 9.64 Å². The van der Waals surface area contributed by atoms with Crippen LogP contribution in [-0.2, 0) is 33.8 Å². The first-order chi connectivity index (χ1) is 20.3. The zero-order chi connectivity index (χ0) is 29.4. The number of hydrogen-bond donors (Lipinski definition) is 0. The fourth-order valence-electron chi connectivity index (χ4n) is 5.47. The number of carbonyl (C=O) groups excluding carboxylic acids is 2. The molecular weight excluding hydrogens is 522 g/mol. The van der Waals surface area contributed by atoms with Crippen LogP contribution in [0.15, 0.2) is 115 Å². The Hall–Kier alpha value is -5.16. The van der Waals surface area contributed by atoms with Crippen LogP contribution in [0.1, 0.15) is 36.1 Å². The zero-order valence-corrected chi connectivity index (χ0v) is 23.8. The summed E-state index contributed by atoms with van der Waals surface area (Å²) in [5.41, 5.74) is 9.78. The van der Waals surface area contributed by atoms with Crippen molar-refractivity contribution in [3.05, 3.63) is 138 Å². The van der Waals surface area contributed by atoms with Crippen LogP contribution in [0.5, 0.6) is 5.75 Å². The van der Waals surface area contributed by atoms with Crippen LogP contribution in [0.3, 0.4) is 0 Å². The third-order valence-corrected chi connectivity index (χ3v) is 7.56. The SMILES string of the molecule is C=C(C)C(=O)OCc1ccc(N(c2ccc(OC(=O)C(=C)C)cc2)c2cc3c4c5c(ccc4c2)CC=CC5=CC3)cc1. The second-order valence-corrected chi connectivity index (χ2v) is 10.8. The molecule has 0 amide bonds. The molecule has 2 aliphatic rings. The van der Waals surface area contributed by atoms with E-state index in [-0.39, 0.29) is 6.61 Å². The predicted octanol–water partition coefficient (Wildman–Crippen LogP) is 8.46. The molecule has 4 aromatic rings. The predicted molar refractivity (Wildman–Crippen MR) is 168 cm³/mol. The maximum Gasteiger partial charge on any atom is 0.338 e. The summed E-state index contributed by atoms with van der Waals surface area (Å²) in [6.45, 7) is 10.7. The minimum Gasteiger partial charge on any atom is -0.457 e. The van der Waals surface area contributed by atoms with Gasteiger partial charge in [-0.25, -0.2) is 9.59 Å². The molecule has 2 aliphatic carbocycles. The molecule has 5 heteroatoms. The van der Waals surface area contributed by atoms with E-state index < -0.39 is 11.9 Å². The van der Waals surface area contributed by atoms with Crippen LogP contribution in [0, 0.1) is 0 Å². The van der Waals surface area contributed by atoms with Gasteiger partial charge in [0.1, 0.15) is 12.4 Å². The quantitative estimate of drug-likeness (QED) is 0.124. The molecule has 0 atom stereocenters. The van der Waals surface area contributed by atoms with Gasteiger partial charge in [-0.1, -0.05) is 55.7 Å². The van der Waals surface area contributed by atoms with Crippen molar-refractivity contribution in [3.63, 3.8) is 0 Å². The van der Waals surface area contributed by atoms with Gasteiger partial charge in [-0.3, -0.25) is 0 Å². The Morgan fingerprint density at radius 1 is 0.786 bits per heavy atom. The topological polar surface area (TPSA) is 55.8 Å². The Labute approximate surface area is 245 Å². The van der Waals surface area contributed by atoms with Crippen LogP contribution in [0.2, 0.25) is 0 Å². The lowest BCUT2D eigenvalue weighted by atomic mass is 9.81. The number of nitrogens with zero attached hydrogens (tertiary/aromatic N) is 1. The monoisotopic (exact) mass is 553 g/mol.